The van der Waals surface area contributed by atoms with Crippen LogP contribution in [-0.2, 0) is 0 Å². The summed E-state index contributed by atoms with van der Waals surface area (Å²) in [5.74, 6) is 0.320. The Hall–Kier alpha value is -0.530. The van der Waals surface area contributed by atoms with Gasteiger partial charge in [0, 0.05) is 16.7 Å². The predicted octanol–water partition coefficient (Wildman–Crippen LogP) is 2.39. The minimum atomic E-state index is -0.108. The zero-order valence-corrected chi connectivity index (χ0v) is 8.33. The van der Waals surface area contributed by atoms with Crippen LogP contribution in [0.15, 0.2) is 30.3 Å². The van der Waals surface area contributed by atoms with Crippen LogP contribution in [0, 0.1) is 5.41 Å². The van der Waals surface area contributed by atoms with Crippen molar-refractivity contribution in [2.24, 2.45) is 5.41 Å². The number of benzene rings is 1. The molecule has 1 aromatic carbocycles. The van der Waals surface area contributed by atoms with Crippen LogP contribution in [0.2, 0.25) is 0 Å². The van der Waals surface area contributed by atoms with Crippen molar-refractivity contribution in [1.82, 2.24) is 0 Å². The number of rotatable bonds is 2. The smallest absolute Gasteiger partial charge is 0.0505 e. The number of alkyl halides is 1. The fourth-order valence-electron chi connectivity index (χ4n) is 1.90. The van der Waals surface area contributed by atoms with Gasteiger partial charge in [-0.1, -0.05) is 37.3 Å². The second-order valence-electron chi connectivity index (χ2n) is 3.95. The molecule has 1 aromatic rings. The second kappa shape index (κ2) is 3.00. The molecule has 0 saturated heterocycles. The highest BCUT2D eigenvalue weighted by Gasteiger charge is 2.60. The van der Waals surface area contributed by atoms with Gasteiger partial charge in [-0.15, -0.1) is 11.6 Å². The lowest BCUT2D eigenvalue weighted by molar-refractivity contribution is 0.220. The van der Waals surface area contributed by atoms with Crippen LogP contribution in [-0.4, -0.2) is 17.1 Å². The monoisotopic (exact) mass is 196 g/mol. The first-order valence-corrected chi connectivity index (χ1v) is 4.93. The Balaban J connectivity index is 2.23. The van der Waals surface area contributed by atoms with Gasteiger partial charge in [0.2, 0.25) is 0 Å². The largest absolute Gasteiger partial charge is 0.396 e. The van der Waals surface area contributed by atoms with Gasteiger partial charge in [-0.25, -0.2) is 0 Å². The summed E-state index contributed by atoms with van der Waals surface area (Å²) in [5.41, 5.74) is 1.13. The van der Waals surface area contributed by atoms with E-state index in [1.54, 1.807) is 0 Å². The molecular formula is C11H13ClO. The molecule has 2 heteroatoms. The van der Waals surface area contributed by atoms with Crippen LogP contribution in [0.4, 0.5) is 0 Å². The van der Waals surface area contributed by atoms with Crippen LogP contribution in [0.25, 0.3) is 0 Å². The van der Waals surface area contributed by atoms with E-state index in [-0.39, 0.29) is 17.4 Å². The van der Waals surface area contributed by atoms with E-state index in [1.165, 1.54) is 5.56 Å². The molecule has 0 spiro atoms. The highest BCUT2D eigenvalue weighted by atomic mass is 35.5. The van der Waals surface area contributed by atoms with Crippen molar-refractivity contribution in [2.75, 3.05) is 6.61 Å². The fourth-order valence-corrected chi connectivity index (χ4v) is 2.47. The maximum atomic E-state index is 9.18. The van der Waals surface area contributed by atoms with Gasteiger partial charge in [0.05, 0.1) is 6.61 Å². The zero-order chi connectivity index (χ0) is 9.47. The van der Waals surface area contributed by atoms with Gasteiger partial charge in [0.25, 0.3) is 0 Å². The molecule has 13 heavy (non-hydrogen) atoms. The number of aliphatic hydroxyl groups excluding tert-OH is 1. The maximum Gasteiger partial charge on any atom is 0.0505 e. The van der Waals surface area contributed by atoms with E-state index < -0.39 is 0 Å². The van der Waals surface area contributed by atoms with E-state index in [4.69, 9.17) is 11.6 Å². The van der Waals surface area contributed by atoms with Crippen molar-refractivity contribution in [3.63, 3.8) is 0 Å². The first-order valence-electron chi connectivity index (χ1n) is 4.50. The average molecular weight is 197 g/mol. The third-order valence-electron chi connectivity index (χ3n) is 3.02. The van der Waals surface area contributed by atoms with E-state index in [2.05, 4.69) is 12.1 Å². The number of hydrogen-bond donors (Lipinski definition) is 1. The molecule has 0 bridgehead atoms. The van der Waals surface area contributed by atoms with Crippen LogP contribution in [0.3, 0.4) is 0 Å². The Morgan fingerprint density at radius 2 is 2.00 bits per heavy atom. The summed E-state index contributed by atoms with van der Waals surface area (Å²) in [6.07, 6.45) is 0. The summed E-state index contributed by atoms with van der Waals surface area (Å²) < 4.78 is 0. The van der Waals surface area contributed by atoms with Crippen molar-refractivity contribution in [1.29, 1.82) is 0 Å². The highest BCUT2D eigenvalue weighted by molar-refractivity contribution is 6.24. The topological polar surface area (TPSA) is 20.2 Å². The summed E-state index contributed by atoms with van der Waals surface area (Å²) in [6, 6.07) is 10.2. The molecule has 1 saturated carbocycles. The van der Waals surface area contributed by atoms with Crippen molar-refractivity contribution in [3.05, 3.63) is 35.9 Å². The molecule has 0 heterocycles. The first-order chi connectivity index (χ1) is 6.20. The van der Waals surface area contributed by atoms with Gasteiger partial charge < -0.3 is 5.11 Å². The molecule has 0 radical (unpaired) electrons. The van der Waals surface area contributed by atoms with Gasteiger partial charge in [-0.3, -0.25) is 0 Å². The Morgan fingerprint density at radius 1 is 1.38 bits per heavy atom. The molecule has 0 unspecified atom stereocenters. The van der Waals surface area contributed by atoms with Crippen LogP contribution in [0.1, 0.15) is 18.4 Å². The normalized spacial score (nSPS) is 37.5. The SMILES string of the molecule is C[C@]1(CO)[C@H](Cl)[C@@H]1c1ccccc1. The van der Waals surface area contributed by atoms with Gasteiger partial charge >= 0.3 is 0 Å². The first kappa shape index (κ1) is 9.04. The Labute approximate surface area is 83.3 Å². The minimum absolute atomic E-state index is 0.0832. The molecule has 1 aliphatic rings. The molecule has 2 rings (SSSR count). The number of halogens is 1. The molecular weight excluding hydrogens is 184 g/mol. The summed E-state index contributed by atoms with van der Waals surface area (Å²) in [5, 5.41) is 9.27. The summed E-state index contributed by atoms with van der Waals surface area (Å²) in [4.78, 5) is 0. The van der Waals surface area contributed by atoms with Gasteiger partial charge in [0.1, 0.15) is 0 Å². The molecule has 1 fully saturated rings. The summed E-state index contributed by atoms with van der Waals surface area (Å²) >= 11 is 6.13. The quantitative estimate of drug-likeness (QED) is 0.721. The lowest BCUT2D eigenvalue weighted by atomic mass is 10.0. The predicted molar refractivity (Wildman–Crippen MR) is 54.0 cm³/mol. The molecule has 1 nitrogen and oxygen atoms in total. The van der Waals surface area contributed by atoms with Gasteiger partial charge in [-0.05, 0) is 5.56 Å². The van der Waals surface area contributed by atoms with E-state index in [1.807, 2.05) is 25.1 Å². The Morgan fingerprint density at radius 3 is 2.46 bits per heavy atom. The molecule has 0 amide bonds. The van der Waals surface area contributed by atoms with Crippen molar-refractivity contribution in [2.45, 2.75) is 18.2 Å². The lowest BCUT2D eigenvalue weighted by Gasteiger charge is -2.05. The number of aliphatic hydroxyl groups is 1. The van der Waals surface area contributed by atoms with E-state index in [0.717, 1.165) is 0 Å². The van der Waals surface area contributed by atoms with Crippen LogP contribution >= 0.6 is 11.6 Å². The lowest BCUT2D eigenvalue weighted by Crippen LogP contribution is -2.05. The molecule has 1 N–H and O–H groups in total. The third-order valence-corrected chi connectivity index (χ3v) is 3.77. The van der Waals surface area contributed by atoms with Crippen LogP contribution < -0.4 is 0 Å². The van der Waals surface area contributed by atoms with Gasteiger partial charge in [0.15, 0.2) is 0 Å². The second-order valence-corrected chi connectivity index (χ2v) is 4.42. The van der Waals surface area contributed by atoms with E-state index in [9.17, 15) is 5.11 Å². The molecule has 0 aliphatic heterocycles. The van der Waals surface area contributed by atoms with E-state index >= 15 is 0 Å². The van der Waals surface area contributed by atoms with Crippen molar-refractivity contribution in [3.8, 4) is 0 Å². The van der Waals surface area contributed by atoms with Crippen molar-refractivity contribution < 1.29 is 5.11 Å². The minimum Gasteiger partial charge on any atom is -0.396 e. The average Bonchev–Trinajstić information content (AvgIpc) is 2.72. The molecule has 0 aromatic heterocycles. The van der Waals surface area contributed by atoms with Gasteiger partial charge in [-0.2, -0.15) is 0 Å². The summed E-state index contributed by atoms with van der Waals surface area (Å²) in [7, 11) is 0. The maximum absolute atomic E-state index is 9.18. The van der Waals surface area contributed by atoms with E-state index in [0.29, 0.717) is 5.92 Å². The Kier molecular flexibility index (Phi) is 2.09. The fraction of sp³-hybridized carbons (Fsp3) is 0.455. The third kappa shape index (κ3) is 1.27. The van der Waals surface area contributed by atoms with Crippen LogP contribution in [0.5, 0.6) is 0 Å². The standard InChI is InChI=1S/C11H13ClO/c1-11(7-13)9(10(11)12)8-5-3-2-4-6-8/h2-6,9-10,13H,7H2,1H3/t9-,10+,11+/m0/s1. The highest BCUT2D eigenvalue weighted by Crippen LogP contribution is 2.61. The molecule has 1 aliphatic carbocycles. The number of hydrogen-bond acceptors (Lipinski definition) is 1. The molecule has 70 valence electrons. The summed E-state index contributed by atoms with van der Waals surface area (Å²) in [6.45, 7) is 2.20. The zero-order valence-electron chi connectivity index (χ0n) is 7.57. The molecule has 3 atom stereocenters. The Bertz CT molecular complexity index is 298. The van der Waals surface area contributed by atoms with Crippen molar-refractivity contribution >= 4 is 11.6 Å².